The van der Waals surface area contributed by atoms with Gasteiger partial charge in [0, 0.05) is 0 Å². The predicted octanol–water partition coefficient (Wildman–Crippen LogP) is 18.1. The molecule has 0 aliphatic heterocycles. The highest BCUT2D eigenvalue weighted by molar-refractivity contribution is 5.76. The van der Waals surface area contributed by atoms with Crippen LogP contribution >= 0.6 is 0 Å². The molecule has 1 amide bonds. The number of aliphatic hydroxyl groups excluding tert-OH is 3. The zero-order chi connectivity index (χ0) is 46.5. The summed E-state index contributed by atoms with van der Waals surface area (Å²) in [4.78, 5) is 12.5. The van der Waals surface area contributed by atoms with Gasteiger partial charge in [0.1, 0.15) is 0 Å². The highest BCUT2D eigenvalue weighted by Gasteiger charge is 2.20. The van der Waals surface area contributed by atoms with Crippen molar-refractivity contribution in [2.24, 2.45) is 0 Å². The van der Waals surface area contributed by atoms with Crippen molar-refractivity contribution < 1.29 is 20.1 Å². The minimum Gasteiger partial charge on any atom is -0.394 e. The molecule has 0 radical (unpaired) electrons. The van der Waals surface area contributed by atoms with Crippen molar-refractivity contribution in [1.82, 2.24) is 5.32 Å². The Morgan fingerprint density at radius 2 is 0.672 bits per heavy atom. The van der Waals surface area contributed by atoms with Gasteiger partial charge in [0.2, 0.25) is 5.91 Å². The Bertz CT molecular complexity index is 951. The average molecular weight is 903 g/mol. The molecule has 0 aliphatic rings. The van der Waals surface area contributed by atoms with Crippen LogP contribution < -0.4 is 5.32 Å². The summed E-state index contributed by atoms with van der Waals surface area (Å²) in [6.07, 6.45) is 69.5. The third-order valence-electron chi connectivity index (χ3n) is 13.7. The number of carbonyl (C=O) groups is 1. The maximum absolute atomic E-state index is 12.5. The van der Waals surface area contributed by atoms with E-state index in [-0.39, 0.29) is 18.9 Å². The first-order chi connectivity index (χ1) is 31.5. The highest BCUT2D eigenvalue weighted by Crippen LogP contribution is 2.18. The smallest absolute Gasteiger partial charge is 0.222 e. The van der Waals surface area contributed by atoms with Crippen molar-refractivity contribution in [3.63, 3.8) is 0 Å². The van der Waals surface area contributed by atoms with Crippen LogP contribution in [0, 0.1) is 0 Å². The first kappa shape index (κ1) is 62.8. The van der Waals surface area contributed by atoms with E-state index < -0.39 is 18.2 Å². The number of carbonyl (C=O) groups excluding carboxylic acids is 1. The minimum absolute atomic E-state index is 0.0105. The second kappa shape index (κ2) is 54.4. The molecular formula is C59H115NO4. The van der Waals surface area contributed by atoms with Gasteiger partial charge in [-0.25, -0.2) is 0 Å². The van der Waals surface area contributed by atoms with E-state index in [0.29, 0.717) is 6.42 Å². The first-order valence-electron chi connectivity index (χ1n) is 29.1. The van der Waals surface area contributed by atoms with E-state index >= 15 is 0 Å². The lowest BCUT2D eigenvalue weighted by atomic mass is 10.0. The van der Waals surface area contributed by atoms with Gasteiger partial charge in [-0.15, -0.1) is 0 Å². The number of unbranched alkanes of at least 4 members (excludes halogenated alkanes) is 43. The SMILES string of the molecule is CCCCCCCCCCCCCCCCCC/C=C/CC/C=C/C(O)C(CO)NC(=O)CC(O)CCCCCCCCCCCCCCCCCCCCCCCCCCCCC. The standard InChI is InChI=1S/C59H115NO4/c1-3-5-7-9-11-13-15-17-19-21-23-25-27-28-29-30-31-32-34-36-38-40-42-44-46-48-50-52-56(62)54-59(64)60-57(55-61)58(63)53-51-49-47-45-43-41-39-37-35-33-26-24-22-20-18-16-14-12-10-8-6-4-2/h43,45,51,53,56-58,61-63H,3-42,44,46-50,52,54-55H2,1-2H3,(H,60,64)/b45-43+,53-51+. The molecule has 380 valence electrons. The lowest BCUT2D eigenvalue weighted by molar-refractivity contribution is -0.124. The molecule has 3 unspecified atom stereocenters. The van der Waals surface area contributed by atoms with Gasteiger partial charge in [0.25, 0.3) is 0 Å². The number of hydrogen-bond acceptors (Lipinski definition) is 4. The molecule has 0 rings (SSSR count). The average Bonchev–Trinajstić information content (AvgIpc) is 3.29. The van der Waals surface area contributed by atoms with E-state index in [1.165, 1.54) is 263 Å². The molecule has 0 saturated carbocycles. The quantitative estimate of drug-likeness (QED) is 0.0362. The summed E-state index contributed by atoms with van der Waals surface area (Å²) in [6.45, 7) is 4.24. The fourth-order valence-corrected chi connectivity index (χ4v) is 9.30. The molecule has 0 aromatic rings. The summed E-state index contributed by atoms with van der Waals surface area (Å²) in [5, 5.41) is 33.5. The number of allylic oxidation sites excluding steroid dienone is 3. The number of nitrogens with one attached hydrogen (secondary N) is 1. The Morgan fingerprint density at radius 3 is 1.00 bits per heavy atom. The molecule has 0 spiro atoms. The topological polar surface area (TPSA) is 89.8 Å². The number of rotatable bonds is 54. The molecule has 0 bridgehead atoms. The van der Waals surface area contributed by atoms with Crippen molar-refractivity contribution >= 4 is 5.91 Å². The maximum Gasteiger partial charge on any atom is 0.222 e. The van der Waals surface area contributed by atoms with Crippen LogP contribution in [0.4, 0.5) is 0 Å². The second-order valence-corrected chi connectivity index (χ2v) is 20.3. The minimum atomic E-state index is -0.950. The summed E-state index contributed by atoms with van der Waals surface area (Å²) >= 11 is 0. The van der Waals surface area contributed by atoms with Crippen LogP contribution in [0.1, 0.15) is 322 Å². The van der Waals surface area contributed by atoms with Crippen molar-refractivity contribution in [3.8, 4) is 0 Å². The lowest BCUT2D eigenvalue weighted by Crippen LogP contribution is -2.45. The molecule has 0 aliphatic carbocycles. The summed E-state index contributed by atoms with van der Waals surface area (Å²) in [5.74, 6) is -0.318. The molecule has 0 heterocycles. The van der Waals surface area contributed by atoms with E-state index in [9.17, 15) is 20.1 Å². The molecule has 0 fully saturated rings. The molecule has 5 heteroatoms. The number of hydrogen-bond donors (Lipinski definition) is 4. The molecule has 5 nitrogen and oxygen atoms in total. The van der Waals surface area contributed by atoms with Crippen molar-refractivity contribution in [2.45, 2.75) is 340 Å². The van der Waals surface area contributed by atoms with Gasteiger partial charge >= 0.3 is 0 Å². The summed E-state index contributed by atoms with van der Waals surface area (Å²) in [5.41, 5.74) is 0. The van der Waals surface area contributed by atoms with Crippen molar-refractivity contribution in [3.05, 3.63) is 24.3 Å². The summed E-state index contributed by atoms with van der Waals surface area (Å²) in [6, 6.07) is -0.759. The normalized spacial score (nSPS) is 13.4. The molecule has 0 aromatic carbocycles. The fourth-order valence-electron chi connectivity index (χ4n) is 9.30. The molecule has 4 N–H and O–H groups in total. The van der Waals surface area contributed by atoms with E-state index in [2.05, 4.69) is 31.3 Å². The summed E-state index contributed by atoms with van der Waals surface area (Å²) in [7, 11) is 0. The Morgan fingerprint density at radius 1 is 0.391 bits per heavy atom. The monoisotopic (exact) mass is 902 g/mol. The van der Waals surface area contributed by atoms with Crippen LogP contribution in [0.2, 0.25) is 0 Å². The Labute approximate surface area is 401 Å². The van der Waals surface area contributed by atoms with Gasteiger partial charge in [0.15, 0.2) is 0 Å². The fraction of sp³-hybridized carbons (Fsp3) is 0.915. The van der Waals surface area contributed by atoms with Gasteiger partial charge in [-0.1, -0.05) is 308 Å². The zero-order valence-corrected chi connectivity index (χ0v) is 43.4. The third kappa shape index (κ3) is 50.2. The van der Waals surface area contributed by atoms with Crippen LogP contribution in [-0.2, 0) is 4.79 Å². The lowest BCUT2D eigenvalue weighted by Gasteiger charge is -2.21. The van der Waals surface area contributed by atoms with E-state index in [4.69, 9.17) is 0 Å². The van der Waals surface area contributed by atoms with Crippen LogP contribution in [-0.4, -0.2) is 46.1 Å². The third-order valence-corrected chi connectivity index (χ3v) is 13.7. The molecule has 0 aromatic heterocycles. The summed E-state index contributed by atoms with van der Waals surface area (Å²) < 4.78 is 0. The Hall–Kier alpha value is -1.17. The van der Waals surface area contributed by atoms with Gasteiger partial charge in [-0.2, -0.15) is 0 Å². The van der Waals surface area contributed by atoms with E-state index in [1.54, 1.807) is 6.08 Å². The highest BCUT2D eigenvalue weighted by atomic mass is 16.3. The molecule has 0 saturated heterocycles. The first-order valence-corrected chi connectivity index (χ1v) is 29.1. The molecular weight excluding hydrogens is 787 g/mol. The maximum atomic E-state index is 12.5. The molecule has 64 heavy (non-hydrogen) atoms. The van der Waals surface area contributed by atoms with Gasteiger partial charge in [-0.05, 0) is 32.1 Å². The second-order valence-electron chi connectivity index (χ2n) is 20.3. The van der Waals surface area contributed by atoms with Gasteiger partial charge in [0.05, 0.1) is 31.3 Å². The van der Waals surface area contributed by atoms with Crippen LogP contribution in [0.5, 0.6) is 0 Å². The van der Waals surface area contributed by atoms with Crippen LogP contribution in [0.3, 0.4) is 0 Å². The molecule has 3 atom stereocenters. The zero-order valence-electron chi connectivity index (χ0n) is 43.4. The Kier molecular flexibility index (Phi) is 53.4. The van der Waals surface area contributed by atoms with Crippen LogP contribution in [0.25, 0.3) is 0 Å². The van der Waals surface area contributed by atoms with E-state index in [1.807, 2.05) is 6.08 Å². The number of amides is 1. The van der Waals surface area contributed by atoms with Crippen LogP contribution in [0.15, 0.2) is 24.3 Å². The Balaban J connectivity index is 3.55. The predicted molar refractivity (Wildman–Crippen MR) is 282 cm³/mol. The van der Waals surface area contributed by atoms with Gasteiger partial charge < -0.3 is 20.6 Å². The van der Waals surface area contributed by atoms with Crippen molar-refractivity contribution in [2.75, 3.05) is 6.61 Å². The number of aliphatic hydroxyl groups is 3. The van der Waals surface area contributed by atoms with Crippen molar-refractivity contribution in [1.29, 1.82) is 0 Å². The van der Waals surface area contributed by atoms with E-state index in [0.717, 1.165) is 32.1 Å². The largest absolute Gasteiger partial charge is 0.394 e. The van der Waals surface area contributed by atoms with Gasteiger partial charge in [-0.3, -0.25) is 4.79 Å².